The molecular formula is C12H22N4O. The molecule has 17 heavy (non-hydrogen) atoms. The van der Waals surface area contributed by atoms with Gasteiger partial charge in [-0.05, 0) is 25.9 Å². The Balaban J connectivity index is 1.72. The summed E-state index contributed by atoms with van der Waals surface area (Å²) in [4.78, 5) is 6.74. The Kier molecular flexibility index (Phi) is 4.50. The van der Waals surface area contributed by atoms with E-state index >= 15 is 0 Å². The molecule has 1 saturated carbocycles. The smallest absolute Gasteiger partial charge is 0.240 e. The van der Waals surface area contributed by atoms with E-state index in [4.69, 9.17) is 4.52 Å². The van der Waals surface area contributed by atoms with Gasteiger partial charge in [0.2, 0.25) is 5.89 Å². The average molecular weight is 238 g/mol. The Morgan fingerprint density at radius 2 is 2.12 bits per heavy atom. The first-order valence-electron chi connectivity index (χ1n) is 6.59. The van der Waals surface area contributed by atoms with Gasteiger partial charge in [-0.25, -0.2) is 0 Å². The molecule has 1 aromatic rings. The molecule has 1 fully saturated rings. The van der Waals surface area contributed by atoms with Gasteiger partial charge in [0.05, 0.1) is 6.54 Å². The summed E-state index contributed by atoms with van der Waals surface area (Å²) in [5, 5.41) is 7.37. The van der Waals surface area contributed by atoms with E-state index in [0.717, 1.165) is 31.9 Å². The fourth-order valence-corrected chi connectivity index (χ4v) is 1.78. The molecule has 2 rings (SSSR count). The van der Waals surface area contributed by atoms with Gasteiger partial charge in [-0.1, -0.05) is 19.0 Å². The third-order valence-corrected chi connectivity index (χ3v) is 3.18. The van der Waals surface area contributed by atoms with Crippen LogP contribution in [0.5, 0.6) is 0 Å². The fourth-order valence-electron chi connectivity index (χ4n) is 1.78. The van der Waals surface area contributed by atoms with Gasteiger partial charge < -0.3 is 14.7 Å². The van der Waals surface area contributed by atoms with Crippen LogP contribution in [0.4, 0.5) is 0 Å². The van der Waals surface area contributed by atoms with Crippen molar-refractivity contribution in [3.05, 3.63) is 11.7 Å². The first kappa shape index (κ1) is 12.5. The van der Waals surface area contributed by atoms with Crippen molar-refractivity contribution in [1.29, 1.82) is 0 Å². The van der Waals surface area contributed by atoms with Crippen molar-refractivity contribution in [2.45, 2.75) is 45.7 Å². The maximum Gasteiger partial charge on any atom is 0.240 e. The molecule has 96 valence electrons. The highest BCUT2D eigenvalue weighted by atomic mass is 16.5. The molecule has 1 heterocycles. The maximum atomic E-state index is 5.20. The van der Waals surface area contributed by atoms with E-state index in [9.17, 15) is 0 Å². The number of aromatic nitrogens is 2. The molecule has 0 aliphatic heterocycles. The van der Waals surface area contributed by atoms with Crippen molar-refractivity contribution in [2.24, 2.45) is 0 Å². The molecule has 0 bridgehead atoms. The molecule has 0 spiro atoms. The third kappa shape index (κ3) is 4.09. The molecule has 0 amide bonds. The van der Waals surface area contributed by atoms with Crippen molar-refractivity contribution < 1.29 is 4.52 Å². The Labute approximate surface area is 103 Å². The van der Waals surface area contributed by atoms with E-state index < -0.39 is 0 Å². The molecule has 0 saturated heterocycles. The summed E-state index contributed by atoms with van der Waals surface area (Å²) >= 11 is 0. The monoisotopic (exact) mass is 238 g/mol. The zero-order valence-corrected chi connectivity index (χ0v) is 10.8. The lowest BCUT2D eigenvalue weighted by Crippen LogP contribution is -2.25. The van der Waals surface area contributed by atoms with Crippen molar-refractivity contribution in [3.8, 4) is 0 Å². The van der Waals surface area contributed by atoms with Crippen LogP contribution in [0.2, 0.25) is 0 Å². The van der Waals surface area contributed by atoms with Crippen LogP contribution in [0.25, 0.3) is 0 Å². The molecule has 1 N–H and O–H groups in total. The number of rotatable bonds is 8. The number of hydrogen-bond donors (Lipinski definition) is 1. The Morgan fingerprint density at radius 1 is 1.35 bits per heavy atom. The summed E-state index contributed by atoms with van der Waals surface area (Å²) in [5.74, 6) is 1.54. The summed E-state index contributed by atoms with van der Waals surface area (Å²) in [7, 11) is 0. The summed E-state index contributed by atoms with van der Waals surface area (Å²) in [5.41, 5.74) is 0. The summed E-state index contributed by atoms with van der Waals surface area (Å²) in [6.07, 6.45) is 3.43. The minimum absolute atomic E-state index is 0.682. The molecule has 0 unspecified atom stereocenters. The number of nitrogens with zero attached hydrogens (tertiary/aromatic N) is 3. The molecule has 5 nitrogen and oxygen atoms in total. The fraction of sp³-hybridized carbons (Fsp3) is 0.833. The quantitative estimate of drug-likeness (QED) is 0.737. The predicted molar refractivity (Wildman–Crippen MR) is 65.7 cm³/mol. The van der Waals surface area contributed by atoms with E-state index in [0.29, 0.717) is 18.5 Å². The van der Waals surface area contributed by atoms with Crippen LogP contribution in [-0.4, -0.2) is 40.7 Å². The first-order chi connectivity index (χ1) is 8.31. The standard InChI is InChI=1S/C12H22N4O/c1-3-16(4-2)8-7-11-14-12(17-15-11)9-13-10-5-6-10/h10,13H,3-9H2,1-2H3. The van der Waals surface area contributed by atoms with Gasteiger partial charge in [0, 0.05) is 19.0 Å². The van der Waals surface area contributed by atoms with Crippen molar-refractivity contribution in [1.82, 2.24) is 20.4 Å². The molecule has 0 radical (unpaired) electrons. The van der Waals surface area contributed by atoms with Gasteiger partial charge >= 0.3 is 0 Å². The van der Waals surface area contributed by atoms with E-state index in [-0.39, 0.29) is 0 Å². The molecule has 0 atom stereocenters. The van der Waals surface area contributed by atoms with Crippen LogP contribution < -0.4 is 5.32 Å². The van der Waals surface area contributed by atoms with Crippen molar-refractivity contribution in [3.63, 3.8) is 0 Å². The minimum atomic E-state index is 0.682. The van der Waals surface area contributed by atoms with Gasteiger partial charge in [-0.3, -0.25) is 0 Å². The second-order valence-electron chi connectivity index (χ2n) is 4.54. The van der Waals surface area contributed by atoms with Crippen LogP contribution in [0.1, 0.15) is 38.4 Å². The molecule has 0 aromatic carbocycles. The van der Waals surface area contributed by atoms with Gasteiger partial charge in [-0.2, -0.15) is 4.98 Å². The van der Waals surface area contributed by atoms with Crippen LogP contribution in [0.3, 0.4) is 0 Å². The van der Waals surface area contributed by atoms with Gasteiger partial charge in [-0.15, -0.1) is 0 Å². The molecule has 1 aliphatic rings. The Hall–Kier alpha value is -0.940. The largest absolute Gasteiger partial charge is 0.338 e. The summed E-state index contributed by atoms with van der Waals surface area (Å²) < 4.78 is 5.20. The summed E-state index contributed by atoms with van der Waals surface area (Å²) in [6.45, 7) is 8.20. The topological polar surface area (TPSA) is 54.2 Å². The lowest BCUT2D eigenvalue weighted by molar-refractivity contribution is 0.302. The van der Waals surface area contributed by atoms with E-state index in [2.05, 4.69) is 34.2 Å². The van der Waals surface area contributed by atoms with Gasteiger partial charge in [0.15, 0.2) is 5.82 Å². The first-order valence-corrected chi connectivity index (χ1v) is 6.59. The lowest BCUT2D eigenvalue weighted by Gasteiger charge is -2.16. The van der Waals surface area contributed by atoms with Crippen LogP contribution in [-0.2, 0) is 13.0 Å². The highest BCUT2D eigenvalue weighted by Crippen LogP contribution is 2.18. The van der Waals surface area contributed by atoms with E-state index in [1.807, 2.05) is 0 Å². The number of hydrogen-bond acceptors (Lipinski definition) is 5. The maximum absolute atomic E-state index is 5.20. The third-order valence-electron chi connectivity index (χ3n) is 3.18. The van der Waals surface area contributed by atoms with E-state index in [1.165, 1.54) is 12.8 Å². The van der Waals surface area contributed by atoms with Crippen LogP contribution in [0, 0.1) is 0 Å². The second kappa shape index (κ2) is 6.12. The lowest BCUT2D eigenvalue weighted by atomic mass is 10.3. The SMILES string of the molecule is CCN(CC)CCc1noc(CNC2CC2)n1. The second-order valence-corrected chi connectivity index (χ2v) is 4.54. The summed E-state index contributed by atoms with van der Waals surface area (Å²) in [6, 6.07) is 0.682. The highest BCUT2D eigenvalue weighted by Gasteiger charge is 2.21. The Morgan fingerprint density at radius 3 is 2.76 bits per heavy atom. The average Bonchev–Trinajstić information content (AvgIpc) is 3.07. The predicted octanol–water partition coefficient (Wildman–Crippen LogP) is 1.21. The minimum Gasteiger partial charge on any atom is -0.338 e. The zero-order chi connectivity index (χ0) is 12.1. The highest BCUT2D eigenvalue weighted by molar-refractivity contribution is 4.89. The van der Waals surface area contributed by atoms with Gasteiger partial charge in [0.1, 0.15) is 0 Å². The van der Waals surface area contributed by atoms with Crippen molar-refractivity contribution in [2.75, 3.05) is 19.6 Å². The van der Waals surface area contributed by atoms with Crippen LogP contribution >= 0.6 is 0 Å². The number of likely N-dealkylation sites (N-methyl/N-ethyl adjacent to an activating group) is 1. The number of nitrogens with one attached hydrogen (secondary N) is 1. The van der Waals surface area contributed by atoms with Crippen LogP contribution in [0.15, 0.2) is 4.52 Å². The van der Waals surface area contributed by atoms with Gasteiger partial charge in [0.25, 0.3) is 0 Å². The molecular weight excluding hydrogens is 216 g/mol. The molecule has 5 heteroatoms. The van der Waals surface area contributed by atoms with E-state index in [1.54, 1.807) is 0 Å². The molecule has 1 aromatic heterocycles. The Bertz CT molecular complexity index is 331. The molecule has 1 aliphatic carbocycles. The normalized spacial score (nSPS) is 15.7. The van der Waals surface area contributed by atoms with Crippen molar-refractivity contribution >= 4 is 0 Å². The zero-order valence-electron chi connectivity index (χ0n) is 10.8.